The monoisotopic (exact) mass is 282 g/mol. The summed E-state index contributed by atoms with van der Waals surface area (Å²) in [7, 11) is 0. The second kappa shape index (κ2) is 5.78. The van der Waals surface area contributed by atoms with Gasteiger partial charge >= 0.3 is 0 Å². The molecule has 1 saturated heterocycles. The van der Waals surface area contributed by atoms with E-state index in [2.05, 4.69) is 25.7 Å². The lowest BCUT2D eigenvalue weighted by Crippen LogP contribution is -2.49. The maximum atomic E-state index is 14.2. The highest BCUT2D eigenvalue weighted by atomic mass is 19.1. The van der Waals surface area contributed by atoms with E-state index in [1.807, 2.05) is 0 Å². The number of rotatable bonds is 1. The van der Waals surface area contributed by atoms with E-state index >= 15 is 0 Å². The van der Waals surface area contributed by atoms with E-state index in [0.29, 0.717) is 5.56 Å². The van der Waals surface area contributed by atoms with Crippen molar-refractivity contribution in [2.75, 3.05) is 6.54 Å². The van der Waals surface area contributed by atoms with Crippen LogP contribution < -0.4 is 5.73 Å². The fourth-order valence-electron chi connectivity index (χ4n) is 3.08. The molecule has 1 aliphatic rings. The number of likely N-dealkylation sites (tertiary alicyclic amines) is 1. The lowest BCUT2D eigenvalue weighted by Gasteiger charge is -2.43. The van der Waals surface area contributed by atoms with Gasteiger partial charge in [0.15, 0.2) is 0 Å². The van der Waals surface area contributed by atoms with Crippen LogP contribution in [0.15, 0.2) is 18.2 Å². The Balaban J connectivity index is 2.45. The third-order valence-electron chi connectivity index (χ3n) is 4.07. The van der Waals surface area contributed by atoms with E-state index in [4.69, 9.17) is 5.73 Å². The molecule has 0 amide bonds. The standard InChI is InChI=1S/C16H24F2N2/c1-16(2,3)20-9-5-4-6-14(19)15(20)12-8-7-11(17)10-13(12)18/h7-8,10,14-15H,4-6,9,19H2,1-3H3. The van der Waals surface area contributed by atoms with Gasteiger partial charge in [0, 0.05) is 23.2 Å². The van der Waals surface area contributed by atoms with Crippen molar-refractivity contribution < 1.29 is 8.78 Å². The van der Waals surface area contributed by atoms with Crippen molar-refractivity contribution in [1.82, 2.24) is 4.90 Å². The molecule has 1 aromatic rings. The summed E-state index contributed by atoms with van der Waals surface area (Å²) in [4.78, 5) is 2.25. The third-order valence-corrected chi connectivity index (χ3v) is 4.07. The number of nitrogens with two attached hydrogens (primary N) is 1. The van der Waals surface area contributed by atoms with Crippen molar-refractivity contribution in [3.05, 3.63) is 35.4 Å². The Morgan fingerprint density at radius 1 is 1.20 bits per heavy atom. The predicted octanol–water partition coefficient (Wildman–Crippen LogP) is 3.62. The largest absolute Gasteiger partial charge is 0.326 e. The molecule has 2 nitrogen and oxygen atoms in total. The van der Waals surface area contributed by atoms with E-state index in [0.717, 1.165) is 31.9 Å². The molecule has 20 heavy (non-hydrogen) atoms. The molecule has 0 spiro atoms. The van der Waals surface area contributed by atoms with E-state index < -0.39 is 11.6 Å². The first-order valence-electron chi connectivity index (χ1n) is 7.28. The fraction of sp³-hybridized carbons (Fsp3) is 0.625. The van der Waals surface area contributed by atoms with Crippen molar-refractivity contribution in [1.29, 1.82) is 0 Å². The average molecular weight is 282 g/mol. The van der Waals surface area contributed by atoms with Crippen LogP contribution in [0, 0.1) is 11.6 Å². The summed E-state index contributed by atoms with van der Waals surface area (Å²) in [5.41, 5.74) is 6.71. The minimum absolute atomic E-state index is 0.104. The quantitative estimate of drug-likeness (QED) is 0.852. The Hall–Kier alpha value is -1.00. The van der Waals surface area contributed by atoms with Crippen molar-refractivity contribution in [3.8, 4) is 0 Å². The van der Waals surface area contributed by atoms with E-state index in [9.17, 15) is 8.78 Å². The first-order chi connectivity index (χ1) is 9.30. The summed E-state index contributed by atoms with van der Waals surface area (Å²) in [5.74, 6) is -1.04. The SMILES string of the molecule is CC(C)(C)N1CCCCC(N)C1c1ccc(F)cc1F. The molecule has 112 valence electrons. The molecule has 0 aromatic heterocycles. The second-order valence-corrected chi connectivity index (χ2v) is 6.63. The summed E-state index contributed by atoms with van der Waals surface area (Å²) >= 11 is 0. The van der Waals surface area contributed by atoms with Crippen LogP contribution in [-0.2, 0) is 0 Å². The molecule has 4 heteroatoms. The smallest absolute Gasteiger partial charge is 0.130 e. The normalized spacial score (nSPS) is 25.5. The number of benzene rings is 1. The number of hydrogen-bond donors (Lipinski definition) is 1. The van der Waals surface area contributed by atoms with Gasteiger partial charge in [-0.3, -0.25) is 4.90 Å². The highest BCUT2D eigenvalue weighted by Gasteiger charge is 2.36. The molecular formula is C16H24F2N2. The van der Waals surface area contributed by atoms with Gasteiger partial charge in [0.2, 0.25) is 0 Å². The van der Waals surface area contributed by atoms with Crippen LogP contribution in [0.3, 0.4) is 0 Å². The zero-order chi connectivity index (χ0) is 14.9. The molecule has 1 fully saturated rings. The van der Waals surface area contributed by atoms with Crippen LogP contribution in [0.1, 0.15) is 51.6 Å². The molecule has 2 rings (SSSR count). The van der Waals surface area contributed by atoms with Gasteiger partial charge in [0.25, 0.3) is 0 Å². The Labute approximate surface area is 120 Å². The first-order valence-corrected chi connectivity index (χ1v) is 7.28. The minimum Gasteiger partial charge on any atom is -0.326 e. The van der Waals surface area contributed by atoms with Crippen molar-refractivity contribution in [2.45, 2.75) is 57.7 Å². The molecule has 1 aromatic carbocycles. The van der Waals surface area contributed by atoms with Gasteiger partial charge < -0.3 is 5.73 Å². The topological polar surface area (TPSA) is 29.3 Å². The Kier molecular flexibility index (Phi) is 4.45. The zero-order valence-electron chi connectivity index (χ0n) is 12.5. The van der Waals surface area contributed by atoms with Crippen LogP contribution >= 0.6 is 0 Å². The van der Waals surface area contributed by atoms with Crippen LogP contribution in [0.25, 0.3) is 0 Å². The highest BCUT2D eigenvalue weighted by molar-refractivity contribution is 5.24. The maximum Gasteiger partial charge on any atom is 0.130 e. The third kappa shape index (κ3) is 3.18. The van der Waals surface area contributed by atoms with Crippen molar-refractivity contribution >= 4 is 0 Å². The first kappa shape index (κ1) is 15.4. The number of halogens is 2. The number of nitrogens with zero attached hydrogens (tertiary/aromatic N) is 1. The van der Waals surface area contributed by atoms with Crippen LogP contribution in [0.2, 0.25) is 0 Å². The van der Waals surface area contributed by atoms with Crippen molar-refractivity contribution in [3.63, 3.8) is 0 Å². The van der Waals surface area contributed by atoms with Gasteiger partial charge in [0.1, 0.15) is 11.6 Å². The maximum absolute atomic E-state index is 14.2. The summed E-state index contributed by atoms with van der Waals surface area (Å²) in [5, 5.41) is 0. The van der Waals surface area contributed by atoms with Gasteiger partial charge in [-0.05, 0) is 46.2 Å². The molecule has 1 aliphatic heterocycles. The van der Waals surface area contributed by atoms with Gasteiger partial charge in [-0.2, -0.15) is 0 Å². The molecule has 0 bridgehead atoms. The summed E-state index contributed by atoms with van der Waals surface area (Å²) in [6.07, 6.45) is 2.98. The van der Waals surface area contributed by atoms with Crippen LogP contribution in [0.5, 0.6) is 0 Å². The van der Waals surface area contributed by atoms with Gasteiger partial charge in [0.05, 0.1) is 6.04 Å². The molecular weight excluding hydrogens is 258 g/mol. The van der Waals surface area contributed by atoms with E-state index in [1.165, 1.54) is 6.07 Å². The predicted molar refractivity (Wildman–Crippen MR) is 77.4 cm³/mol. The van der Waals surface area contributed by atoms with E-state index in [-0.39, 0.29) is 17.6 Å². The summed E-state index contributed by atoms with van der Waals surface area (Å²) in [6, 6.07) is 3.49. The Bertz CT molecular complexity index is 468. The number of hydrogen-bond acceptors (Lipinski definition) is 2. The Morgan fingerprint density at radius 2 is 1.90 bits per heavy atom. The van der Waals surface area contributed by atoms with Crippen LogP contribution in [0.4, 0.5) is 8.78 Å². The molecule has 2 N–H and O–H groups in total. The lowest BCUT2D eigenvalue weighted by atomic mass is 9.92. The molecule has 0 saturated carbocycles. The lowest BCUT2D eigenvalue weighted by molar-refractivity contribution is 0.0735. The van der Waals surface area contributed by atoms with E-state index in [1.54, 1.807) is 6.07 Å². The van der Waals surface area contributed by atoms with Gasteiger partial charge in [-0.15, -0.1) is 0 Å². The Morgan fingerprint density at radius 3 is 2.50 bits per heavy atom. The summed E-state index contributed by atoms with van der Waals surface area (Å²) < 4.78 is 27.3. The summed E-state index contributed by atoms with van der Waals surface area (Å²) in [6.45, 7) is 7.22. The van der Waals surface area contributed by atoms with Gasteiger partial charge in [-0.25, -0.2) is 8.78 Å². The van der Waals surface area contributed by atoms with Gasteiger partial charge in [-0.1, -0.05) is 12.5 Å². The molecule has 2 atom stereocenters. The second-order valence-electron chi connectivity index (χ2n) is 6.63. The minimum atomic E-state index is -0.546. The molecule has 1 heterocycles. The molecule has 0 radical (unpaired) electrons. The molecule has 2 unspecified atom stereocenters. The molecule has 0 aliphatic carbocycles. The average Bonchev–Trinajstić information content (AvgIpc) is 2.51. The fourth-order valence-corrected chi connectivity index (χ4v) is 3.08. The zero-order valence-corrected chi connectivity index (χ0v) is 12.5. The van der Waals surface area contributed by atoms with Crippen molar-refractivity contribution in [2.24, 2.45) is 5.73 Å². The highest BCUT2D eigenvalue weighted by Crippen LogP contribution is 2.35. The van der Waals surface area contributed by atoms with Crippen LogP contribution in [-0.4, -0.2) is 23.0 Å².